The van der Waals surface area contributed by atoms with Gasteiger partial charge in [0.25, 0.3) is 0 Å². The lowest BCUT2D eigenvalue weighted by molar-refractivity contribution is -0.129. The number of piperazine rings is 1. The zero-order chi connectivity index (χ0) is 23.5. The molecule has 0 unspecified atom stereocenters. The summed E-state index contributed by atoms with van der Waals surface area (Å²) in [6.07, 6.45) is 5.89. The normalized spacial score (nSPS) is 27.0. The SMILES string of the molecule is O=C(CC[C@@H]1CNC(=O)[C@H]2C[C@@H](NC(=S)Nc3ccc(N4CCOCC4)nc3)CN12)NC1CC1. The van der Waals surface area contributed by atoms with Crippen molar-refractivity contribution in [2.75, 3.05) is 49.6 Å². The lowest BCUT2D eigenvalue weighted by atomic mass is 10.0. The van der Waals surface area contributed by atoms with Crippen LogP contribution in [-0.2, 0) is 14.3 Å². The van der Waals surface area contributed by atoms with E-state index in [1.54, 1.807) is 6.20 Å². The highest BCUT2D eigenvalue weighted by molar-refractivity contribution is 7.80. The third-order valence-corrected chi connectivity index (χ3v) is 7.17. The van der Waals surface area contributed by atoms with E-state index in [9.17, 15) is 9.59 Å². The summed E-state index contributed by atoms with van der Waals surface area (Å²) in [7, 11) is 0. The molecule has 3 atom stereocenters. The van der Waals surface area contributed by atoms with E-state index in [1.807, 2.05) is 12.1 Å². The van der Waals surface area contributed by atoms with Gasteiger partial charge < -0.3 is 30.9 Å². The van der Waals surface area contributed by atoms with Crippen LogP contribution in [0.2, 0.25) is 0 Å². The highest BCUT2D eigenvalue weighted by atomic mass is 32.1. The average molecular weight is 488 g/mol. The van der Waals surface area contributed by atoms with Crippen molar-refractivity contribution in [3.05, 3.63) is 18.3 Å². The molecule has 5 rings (SSSR count). The topological polar surface area (TPSA) is 111 Å². The molecule has 3 aliphatic heterocycles. The van der Waals surface area contributed by atoms with Gasteiger partial charge in [-0.2, -0.15) is 0 Å². The Balaban J connectivity index is 1.11. The Kier molecular flexibility index (Phi) is 7.12. The predicted molar refractivity (Wildman–Crippen MR) is 133 cm³/mol. The molecule has 10 nitrogen and oxygen atoms in total. The number of morpholine rings is 1. The van der Waals surface area contributed by atoms with Crippen LogP contribution < -0.4 is 26.2 Å². The van der Waals surface area contributed by atoms with Gasteiger partial charge in [0.15, 0.2) is 5.11 Å². The van der Waals surface area contributed by atoms with Crippen LogP contribution in [0.15, 0.2) is 18.3 Å². The van der Waals surface area contributed by atoms with E-state index in [4.69, 9.17) is 17.0 Å². The summed E-state index contributed by atoms with van der Waals surface area (Å²) in [4.78, 5) is 33.6. The average Bonchev–Trinajstić information content (AvgIpc) is 3.55. The van der Waals surface area contributed by atoms with Gasteiger partial charge in [-0.3, -0.25) is 14.5 Å². The number of fused-ring (bicyclic) bond motifs is 1. The predicted octanol–water partition coefficient (Wildman–Crippen LogP) is 0.205. The number of carbonyl (C=O) groups excluding carboxylic acids is 2. The molecule has 1 aromatic heterocycles. The Hall–Kier alpha value is -2.50. The Morgan fingerprint density at radius 1 is 1.21 bits per heavy atom. The van der Waals surface area contributed by atoms with Gasteiger partial charge in [-0.05, 0) is 50.0 Å². The van der Waals surface area contributed by atoms with Crippen molar-refractivity contribution in [3.8, 4) is 0 Å². The van der Waals surface area contributed by atoms with E-state index in [0.29, 0.717) is 30.5 Å². The number of hydrogen-bond donors (Lipinski definition) is 4. The lowest BCUT2D eigenvalue weighted by Gasteiger charge is -2.37. The number of amides is 2. The molecule has 4 fully saturated rings. The van der Waals surface area contributed by atoms with Crippen LogP contribution in [0.25, 0.3) is 0 Å². The fraction of sp³-hybridized carbons (Fsp3) is 0.652. The van der Waals surface area contributed by atoms with Gasteiger partial charge in [-0.25, -0.2) is 4.98 Å². The Bertz CT molecular complexity index is 904. The van der Waals surface area contributed by atoms with Crippen molar-refractivity contribution < 1.29 is 14.3 Å². The van der Waals surface area contributed by atoms with Crippen molar-refractivity contribution in [2.24, 2.45) is 0 Å². The van der Waals surface area contributed by atoms with E-state index in [2.05, 4.69) is 36.1 Å². The number of ether oxygens (including phenoxy) is 1. The molecule has 0 bridgehead atoms. The van der Waals surface area contributed by atoms with Gasteiger partial charge in [-0.1, -0.05) is 0 Å². The van der Waals surface area contributed by atoms with Gasteiger partial charge in [0, 0.05) is 50.7 Å². The molecule has 3 saturated heterocycles. The second-order valence-electron chi connectivity index (χ2n) is 9.53. The number of anilines is 2. The molecule has 34 heavy (non-hydrogen) atoms. The highest BCUT2D eigenvalue weighted by Crippen LogP contribution is 2.26. The first-order valence-electron chi connectivity index (χ1n) is 12.2. The van der Waals surface area contributed by atoms with E-state index >= 15 is 0 Å². The number of thiocarbonyl (C=S) groups is 1. The first kappa shape index (κ1) is 23.3. The molecule has 0 radical (unpaired) electrons. The van der Waals surface area contributed by atoms with Gasteiger partial charge in [-0.15, -0.1) is 0 Å². The van der Waals surface area contributed by atoms with E-state index in [1.165, 1.54) is 0 Å². The zero-order valence-corrected chi connectivity index (χ0v) is 20.1. The van der Waals surface area contributed by atoms with Crippen LogP contribution in [0.4, 0.5) is 11.5 Å². The monoisotopic (exact) mass is 487 g/mol. The molecule has 4 N–H and O–H groups in total. The van der Waals surface area contributed by atoms with E-state index in [0.717, 1.165) is 63.6 Å². The van der Waals surface area contributed by atoms with Crippen LogP contribution >= 0.6 is 12.2 Å². The fourth-order valence-corrected chi connectivity index (χ4v) is 5.25. The van der Waals surface area contributed by atoms with Crippen molar-refractivity contribution in [3.63, 3.8) is 0 Å². The van der Waals surface area contributed by atoms with Gasteiger partial charge in [0.1, 0.15) is 5.82 Å². The second kappa shape index (κ2) is 10.4. The number of aromatic nitrogens is 1. The Labute approximate surface area is 205 Å². The summed E-state index contributed by atoms with van der Waals surface area (Å²) in [5.74, 6) is 1.11. The summed E-state index contributed by atoms with van der Waals surface area (Å²) < 4.78 is 5.40. The molecule has 0 aromatic carbocycles. The minimum atomic E-state index is -0.181. The van der Waals surface area contributed by atoms with Crippen LogP contribution in [0, 0.1) is 0 Å². The molecule has 1 aliphatic carbocycles. The summed E-state index contributed by atoms with van der Waals surface area (Å²) >= 11 is 5.54. The molecular weight excluding hydrogens is 454 g/mol. The largest absolute Gasteiger partial charge is 0.378 e. The number of nitrogens with one attached hydrogen (secondary N) is 4. The van der Waals surface area contributed by atoms with Crippen molar-refractivity contribution in [2.45, 2.75) is 56.3 Å². The minimum Gasteiger partial charge on any atom is -0.378 e. The number of rotatable bonds is 7. The maximum Gasteiger partial charge on any atom is 0.237 e. The van der Waals surface area contributed by atoms with Crippen LogP contribution in [-0.4, -0.2) is 90.4 Å². The maximum absolute atomic E-state index is 12.5. The van der Waals surface area contributed by atoms with Crippen molar-refractivity contribution >= 4 is 40.6 Å². The highest BCUT2D eigenvalue weighted by Gasteiger charge is 2.43. The Morgan fingerprint density at radius 3 is 2.76 bits per heavy atom. The first-order chi connectivity index (χ1) is 16.5. The standard InChI is InChI=1S/C23H33N7O3S/c31-21(26-15-1-2-15)6-4-18-13-25-22(32)19-11-17(14-30(18)19)28-23(34)27-16-3-5-20(24-12-16)29-7-9-33-10-8-29/h3,5,12,15,17-19H,1-2,4,6-11,13-14H2,(H,25,32)(H,26,31)(H2,27,28,34)/t17-,18-,19-/m1/s1. The van der Waals surface area contributed by atoms with Crippen LogP contribution in [0.3, 0.4) is 0 Å². The van der Waals surface area contributed by atoms with E-state index in [-0.39, 0.29) is 29.9 Å². The summed E-state index contributed by atoms with van der Waals surface area (Å²) in [6, 6.07) is 4.39. The van der Waals surface area contributed by atoms with Gasteiger partial charge >= 0.3 is 0 Å². The maximum atomic E-state index is 12.5. The van der Waals surface area contributed by atoms with E-state index < -0.39 is 0 Å². The van der Waals surface area contributed by atoms with Crippen LogP contribution in [0.5, 0.6) is 0 Å². The van der Waals surface area contributed by atoms with Crippen LogP contribution in [0.1, 0.15) is 32.1 Å². The molecular formula is C23H33N7O3S. The molecule has 0 spiro atoms. The molecule has 4 heterocycles. The second-order valence-corrected chi connectivity index (χ2v) is 9.94. The summed E-state index contributed by atoms with van der Waals surface area (Å²) in [5, 5.41) is 13.2. The molecule has 11 heteroatoms. The fourth-order valence-electron chi connectivity index (χ4n) is 4.97. The smallest absolute Gasteiger partial charge is 0.237 e. The third-order valence-electron chi connectivity index (χ3n) is 6.95. The molecule has 1 saturated carbocycles. The summed E-state index contributed by atoms with van der Waals surface area (Å²) in [5.41, 5.74) is 0.822. The van der Waals surface area contributed by atoms with Gasteiger partial charge in [0.2, 0.25) is 11.8 Å². The number of nitrogens with zero attached hydrogens (tertiary/aromatic N) is 3. The molecule has 4 aliphatic rings. The number of carbonyl (C=O) groups is 2. The Morgan fingerprint density at radius 2 is 2.03 bits per heavy atom. The van der Waals surface area contributed by atoms with Crippen molar-refractivity contribution in [1.82, 2.24) is 25.8 Å². The molecule has 184 valence electrons. The lowest BCUT2D eigenvalue weighted by Crippen LogP contribution is -2.58. The van der Waals surface area contributed by atoms with Crippen molar-refractivity contribution in [1.29, 1.82) is 0 Å². The summed E-state index contributed by atoms with van der Waals surface area (Å²) in [6.45, 7) is 4.45. The third kappa shape index (κ3) is 5.76. The quantitative estimate of drug-likeness (QED) is 0.401. The molecule has 1 aromatic rings. The zero-order valence-electron chi connectivity index (χ0n) is 19.3. The first-order valence-corrected chi connectivity index (χ1v) is 12.6. The number of hydrogen-bond acceptors (Lipinski definition) is 7. The minimum absolute atomic E-state index is 0.0600. The van der Waals surface area contributed by atoms with Gasteiger partial charge in [0.05, 0.1) is 31.1 Å². The molecule has 2 amide bonds. The number of pyridine rings is 1.